The SMILES string of the molecule is CCOc1c(Br)cc(CNC(C)CC)cc1Br.Cl. The maximum Gasteiger partial charge on any atom is 0.147 e. The molecule has 5 heteroatoms. The lowest BCUT2D eigenvalue weighted by molar-refractivity contribution is 0.336. The zero-order chi connectivity index (χ0) is 12.8. The minimum absolute atomic E-state index is 0. The van der Waals surface area contributed by atoms with Crippen LogP contribution in [0.25, 0.3) is 0 Å². The molecule has 0 aliphatic carbocycles. The number of halogens is 3. The van der Waals surface area contributed by atoms with E-state index in [9.17, 15) is 0 Å². The molecule has 104 valence electrons. The number of benzene rings is 1. The Kier molecular flexibility index (Phi) is 9.30. The van der Waals surface area contributed by atoms with E-state index < -0.39 is 0 Å². The third-order valence-electron chi connectivity index (χ3n) is 2.61. The lowest BCUT2D eigenvalue weighted by atomic mass is 10.2. The number of hydrogen-bond donors (Lipinski definition) is 1. The number of ether oxygens (including phenoxy) is 1. The van der Waals surface area contributed by atoms with Crippen molar-refractivity contribution in [2.24, 2.45) is 0 Å². The molecule has 0 aliphatic rings. The molecule has 1 aromatic rings. The summed E-state index contributed by atoms with van der Waals surface area (Å²) in [6.45, 7) is 7.90. The van der Waals surface area contributed by atoms with E-state index in [4.69, 9.17) is 4.74 Å². The monoisotopic (exact) mass is 399 g/mol. The fraction of sp³-hybridized carbons (Fsp3) is 0.538. The molecule has 0 bridgehead atoms. The van der Waals surface area contributed by atoms with Gasteiger partial charge in [-0.2, -0.15) is 0 Å². The minimum atomic E-state index is 0. The largest absolute Gasteiger partial charge is 0.492 e. The average molecular weight is 402 g/mol. The predicted octanol–water partition coefficient (Wildman–Crippen LogP) is 4.92. The van der Waals surface area contributed by atoms with Crippen molar-refractivity contribution in [2.45, 2.75) is 39.8 Å². The Morgan fingerprint density at radius 2 is 1.78 bits per heavy atom. The molecule has 0 aromatic heterocycles. The highest BCUT2D eigenvalue weighted by molar-refractivity contribution is 9.11. The Bertz CT molecular complexity index is 351. The summed E-state index contributed by atoms with van der Waals surface area (Å²) in [5, 5.41) is 3.47. The van der Waals surface area contributed by atoms with E-state index in [0.29, 0.717) is 12.6 Å². The van der Waals surface area contributed by atoms with Crippen molar-refractivity contribution < 1.29 is 4.74 Å². The van der Waals surface area contributed by atoms with Gasteiger partial charge in [0.1, 0.15) is 5.75 Å². The van der Waals surface area contributed by atoms with Crippen molar-refractivity contribution in [2.75, 3.05) is 6.61 Å². The summed E-state index contributed by atoms with van der Waals surface area (Å²) >= 11 is 7.08. The van der Waals surface area contributed by atoms with E-state index in [1.807, 2.05) is 6.92 Å². The molecule has 18 heavy (non-hydrogen) atoms. The number of nitrogens with one attached hydrogen (secondary N) is 1. The Morgan fingerprint density at radius 3 is 2.22 bits per heavy atom. The third-order valence-corrected chi connectivity index (χ3v) is 3.79. The van der Waals surface area contributed by atoms with Crippen molar-refractivity contribution in [1.29, 1.82) is 0 Å². The maximum atomic E-state index is 5.56. The standard InChI is InChI=1S/C13H19Br2NO.ClH/c1-4-9(3)16-8-10-6-11(14)13(17-5-2)12(15)7-10;/h6-7,9,16H,4-5,8H2,1-3H3;1H. The molecule has 0 aliphatic heterocycles. The van der Waals surface area contributed by atoms with Crippen LogP contribution in [-0.4, -0.2) is 12.6 Å². The van der Waals surface area contributed by atoms with Gasteiger partial charge < -0.3 is 10.1 Å². The van der Waals surface area contributed by atoms with E-state index in [1.54, 1.807) is 0 Å². The molecule has 1 unspecified atom stereocenters. The molecule has 0 fully saturated rings. The van der Waals surface area contributed by atoms with Gasteiger partial charge >= 0.3 is 0 Å². The Hall–Kier alpha value is 0.230. The van der Waals surface area contributed by atoms with Crippen LogP contribution in [0.4, 0.5) is 0 Å². The molecule has 0 heterocycles. The third kappa shape index (κ3) is 5.47. The van der Waals surface area contributed by atoms with Crippen molar-refractivity contribution in [3.05, 3.63) is 26.6 Å². The normalized spacial score (nSPS) is 11.8. The van der Waals surface area contributed by atoms with E-state index >= 15 is 0 Å². The first-order valence-corrected chi connectivity index (χ1v) is 7.51. The predicted molar refractivity (Wildman–Crippen MR) is 86.9 cm³/mol. The lowest BCUT2D eigenvalue weighted by Gasteiger charge is -2.14. The highest BCUT2D eigenvalue weighted by atomic mass is 79.9. The number of rotatable bonds is 6. The Balaban J connectivity index is 0.00000289. The van der Waals surface area contributed by atoms with Gasteiger partial charge in [0, 0.05) is 12.6 Å². The summed E-state index contributed by atoms with van der Waals surface area (Å²) in [5.41, 5.74) is 1.24. The highest BCUT2D eigenvalue weighted by Gasteiger charge is 2.08. The van der Waals surface area contributed by atoms with Crippen LogP contribution in [0.15, 0.2) is 21.1 Å². The van der Waals surface area contributed by atoms with Gasteiger partial charge in [-0.05, 0) is 69.8 Å². The Morgan fingerprint density at radius 1 is 1.22 bits per heavy atom. The molecular formula is C13H20Br2ClNO. The van der Waals surface area contributed by atoms with E-state index in [-0.39, 0.29) is 12.4 Å². The van der Waals surface area contributed by atoms with Gasteiger partial charge in [-0.3, -0.25) is 0 Å². The number of hydrogen-bond acceptors (Lipinski definition) is 2. The van der Waals surface area contributed by atoms with Crippen LogP contribution in [0.1, 0.15) is 32.8 Å². The van der Waals surface area contributed by atoms with Crippen LogP contribution < -0.4 is 10.1 Å². The second-order valence-corrected chi connectivity index (χ2v) is 5.72. The van der Waals surface area contributed by atoms with Gasteiger partial charge in [-0.15, -0.1) is 12.4 Å². The fourth-order valence-corrected chi connectivity index (χ4v) is 2.94. The summed E-state index contributed by atoms with van der Waals surface area (Å²) in [6, 6.07) is 4.75. The average Bonchev–Trinajstić information content (AvgIpc) is 2.30. The van der Waals surface area contributed by atoms with Crippen LogP contribution in [0, 0.1) is 0 Å². The molecule has 0 saturated carbocycles. The van der Waals surface area contributed by atoms with E-state index in [2.05, 4.69) is 63.2 Å². The summed E-state index contributed by atoms with van der Waals surface area (Å²) in [6.07, 6.45) is 1.14. The second-order valence-electron chi connectivity index (χ2n) is 4.01. The van der Waals surface area contributed by atoms with Crippen molar-refractivity contribution in [1.82, 2.24) is 5.32 Å². The van der Waals surface area contributed by atoms with Crippen molar-refractivity contribution in [3.63, 3.8) is 0 Å². The van der Waals surface area contributed by atoms with Crippen LogP contribution in [0.2, 0.25) is 0 Å². The highest BCUT2D eigenvalue weighted by Crippen LogP contribution is 2.34. The first kappa shape index (κ1) is 18.2. The summed E-state index contributed by atoms with van der Waals surface area (Å²) in [7, 11) is 0. The summed E-state index contributed by atoms with van der Waals surface area (Å²) in [4.78, 5) is 0. The summed E-state index contributed by atoms with van der Waals surface area (Å²) in [5.74, 6) is 0.875. The summed E-state index contributed by atoms with van der Waals surface area (Å²) < 4.78 is 7.55. The molecule has 0 amide bonds. The molecule has 1 atom stereocenters. The minimum Gasteiger partial charge on any atom is -0.492 e. The molecule has 1 rings (SSSR count). The van der Waals surface area contributed by atoms with E-state index in [0.717, 1.165) is 27.7 Å². The first-order valence-electron chi connectivity index (χ1n) is 5.92. The van der Waals surface area contributed by atoms with Crippen LogP contribution in [-0.2, 0) is 6.54 Å². The van der Waals surface area contributed by atoms with E-state index in [1.165, 1.54) is 5.56 Å². The van der Waals surface area contributed by atoms with Crippen LogP contribution in [0.5, 0.6) is 5.75 Å². The molecule has 2 nitrogen and oxygen atoms in total. The lowest BCUT2D eigenvalue weighted by Crippen LogP contribution is -2.24. The van der Waals surface area contributed by atoms with Gasteiger partial charge in [0.2, 0.25) is 0 Å². The molecular weight excluding hydrogens is 381 g/mol. The molecule has 0 saturated heterocycles. The van der Waals surface area contributed by atoms with Gasteiger partial charge in [0.05, 0.1) is 15.6 Å². The van der Waals surface area contributed by atoms with Gasteiger partial charge in [0.15, 0.2) is 0 Å². The molecule has 0 spiro atoms. The molecule has 1 N–H and O–H groups in total. The zero-order valence-electron chi connectivity index (χ0n) is 10.9. The van der Waals surface area contributed by atoms with Crippen LogP contribution >= 0.6 is 44.3 Å². The molecule has 0 radical (unpaired) electrons. The zero-order valence-corrected chi connectivity index (χ0v) is 14.9. The molecule has 1 aromatic carbocycles. The Labute approximate surface area is 133 Å². The maximum absolute atomic E-state index is 5.56. The topological polar surface area (TPSA) is 21.3 Å². The fourth-order valence-electron chi connectivity index (χ4n) is 1.43. The second kappa shape index (κ2) is 9.18. The van der Waals surface area contributed by atoms with Crippen molar-refractivity contribution in [3.8, 4) is 5.75 Å². The van der Waals surface area contributed by atoms with Gasteiger partial charge in [-0.1, -0.05) is 6.92 Å². The smallest absolute Gasteiger partial charge is 0.147 e. The van der Waals surface area contributed by atoms with Crippen LogP contribution in [0.3, 0.4) is 0 Å². The first-order chi connectivity index (χ1) is 8.08. The van der Waals surface area contributed by atoms with Gasteiger partial charge in [0.25, 0.3) is 0 Å². The quantitative estimate of drug-likeness (QED) is 0.730. The van der Waals surface area contributed by atoms with Gasteiger partial charge in [-0.25, -0.2) is 0 Å². The van der Waals surface area contributed by atoms with Crippen molar-refractivity contribution >= 4 is 44.3 Å².